The van der Waals surface area contributed by atoms with Crippen LogP contribution in [0.3, 0.4) is 0 Å². The summed E-state index contributed by atoms with van der Waals surface area (Å²) in [7, 11) is 1.57. The standard InChI is InChI=1S/C27H29NO6S/c1-5-33-26(30)21-15(3)28-18-14-17(16-10-7-8-11-19(16)32-4)22(27(31)34-6-2)25(29)23(18)24(21)20-12-9-13-35-20/h7-13,17,22,24,28H,5-6,14H2,1-4H3. The number of nitrogens with one attached hydrogen (secondary N) is 1. The first-order valence-electron chi connectivity index (χ1n) is 11.7. The Bertz CT molecular complexity index is 1200. The number of benzene rings is 1. The van der Waals surface area contributed by atoms with E-state index in [2.05, 4.69) is 5.32 Å². The third-order valence-corrected chi connectivity index (χ3v) is 7.36. The Hall–Kier alpha value is -3.39. The van der Waals surface area contributed by atoms with Crippen molar-refractivity contribution < 1.29 is 28.6 Å². The lowest BCUT2D eigenvalue weighted by Gasteiger charge is -2.39. The summed E-state index contributed by atoms with van der Waals surface area (Å²) in [5.74, 6) is -2.95. The molecule has 3 atom stereocenters. The normalized spacial score (nSPS) is 21.8. The zero-order valence-electron chi connectivity index (χ0n) is 20.3. The minimum absolute atomic E-state index is 0.160. The number of hydrogen-bond acceptors (Lipinski definition) is 8. The van der Waals surface area contributed by atoms with Gasteiger partial charge in [0.05, 0.1) is 31.8 Å². The minimum atomic E-state index is -1.06. The topological polar surface area (TPSA) is 90.9 Å². The number of ketones is 1. The van der Waals surface area contributed by atoms with Crippen molar-refractivity contribution in [2.24, 2.45) is 5.92 Å². The Kier molecular flexibility index (Phi) is 7.40. The molecule has 2 aromatic rings. The van der Waals surface area contributed by atoms with Crippen LogP contribution in [0.5, 0.6) is 5.75 Å². The SMILES string of the molecule is CCOC(=O)C1=C(C)NC2=C(C(=O)C(C(=O)OCC)C(c3ccccc3OC)C2)C1c1cccs1. The van der Waals surface area contributed by atoms with Gasteiger partial charge in [0.1, 0.15) is 11.7 Å². The molecule has 0 bridgehead atoms. The molecule has 3 unspecified atom stereocenters. The summed E-state index contributed by atoms with van der Waals surface area (Å²) in [5, 5.41) is 5.21. The fourth-order valence-electron chi connectivity index (χ4n) is 5.02. The summed E-state index contributed by atoms with van der Waals surface area (Å²) in [6.07, 6.45) is 0.389. The maximum absolute atomic E-state index is 14.2. The molecule has 2 heterocycles. The smallest absolute Gasteiger partial charge is 0.336 e. The number of thiophene rings is 1. The van der Waals surface area contributed by atoms with Crippen LogP contribution >= 0.6 is 11.3 Å². The number of Topliss-reactive ketones (excluding diaryl/α,β-unsaturated/α-hetero) is 1. The van der Waals surface area contributed by atoms with Gasteiger partial charge in [0.2, 0.25) is 0 Å². The van der Waals surface area contributed by atoms with E-state index < -0.39 is 29.7 Å². The van der Waals surface area contributed by atoms with Crippen molar-refractivity contribution in [2.75, 3.05) is 20.3 Å². The predicted octanol–water partition coefficient (Wildman–Crippen LogP) is 4.47. The minimum Gasteiger partial charge on any atom is -0.496 e. The highest BCUT2D eigenvalue weighted by Gasteiger charge is 2.49. The number of para-hydroxylation sites is 1. The lowest BCUT2D eigenvalue weighted by molar-refractivity contribution is -0.152. The molecule has 2 aliphatic rings. The van der Waals surface area contributed by atoms with Crippen LogP contribution in [0.1, 0.15) is 49.5 Å². The first-order chi connectivity index (χ1) is 16.9. The first kappa shape index (κ1) is 24.7. The summed E-state index contributed by atoms with van der Waals surface area (Å²) in [4.78, 5) is 41.3. The first-order valence-corrected chi connectivity index (χ1v) is 12.6. The molecule has 0 saturated carbocycles. The molecule has 1 aliphatic carbocycles. The predicted molar refractivity (Wildman–Crippen MR) is 132 cm³/mol. The van der Waals surface area contributed by atoms with Crippen LogP contribution in [0.25, 0.3) is 0 Å². The number of allylic oxidation sites excluding steroid dienone is 3. The maximum atomic E-state index is 14.2. The quantitative estimate of drug-likeness (QED) is 0.448. The maximum Gasteiger partial charge on any atom is 0.336 e. The molecule has 35 heavy (non-hydrogen) atoms. The highest BCUT2D eigenvalue weighted by molar-refractivity contribution is 7.10. The zero-order chi connectivity index (χ0) is 25.1. The van der Waals surface area contributed by atoms with E-state index >= 15 is 0 Å². The lowest BCUT2D eigenvalue weighted by atomic mass is 9.68. The number of ether oxygens (including phenoxy) is 3. The number of hydrogen-bond donors (Lipinski definition) is 1. The number of methoxy groups -OCH3 is 1. The van der Waals surface area contributed by atoms with E-state index in [1.54, 1.807) is 21.0 Å². The lowest BCUT2D eigenvalue weighted by Crippen LogP contribution is -2.43. The van der Waals surface area contributed by atoms with Gasteiger partial charge in [-0.25, -0.2) is 4.79 Å². The Balaban J connectivity index is 1.89. The van der Waals surface area contributed by atoms with Crippen LogP contribution in [-0.2, 0) is 23.9 Å². The Morgan fingerprint density at radius 2 is 1.83 bits per heavy atom. The average Bonchev–Trinajstić information content (AvgIpc) is 3.38. The van der Waals surface area contributed by atoms with Gasteiger partial charge in [-0.1, -0.05) is 24.3 Å². The van der Waals surface area contributed by atoms with E-state index in [1.807, 2.05) is 48.7 Å². The van der Waals surface area contributed by atoms with Gasteiger partial charge in [-0.15, -0.1) is 11.3 Å². The van der Waals surface area contributed by atoms with Gasteiger partial charge >= 0.3 is 11.9 Å². The molecule has 0 amide bonds. The second-order valence-corrected chi connectivity index (χ2v) is 9.35. The van der Waals surface area contributed by atoms with E-state index in [1.165, 1.54) is 11.3 Å². The van der Waals surface area contributed by atoms with Gasteiger partial charge in [0.15, 0.2) is 5.78 Å². The van der Waals surface area contributed by atoms with E-state index in [0.717, 1.165) is 10.4 Å². The van der Waals surface area contributed by atoms with E-state index in [4.69, 9.17) is 14.2 Å². The fraction of sp³-hybridized carbons (Fsp3) is 0.370. The van der Waals surface area contributed by atoms with E-state index in [0.29, 0.717) is 34.7 Å². The van der Waals surface area contributed by atoms with E-state index in [-0.39, 0.29) is 19.0 Å². The van der Waals surface area contributed by atoms with Crippen LogP contribution in [-0.4, -0.2) is 38.0 Å². The molecule has 7 nitrogen and oxygen atoms in total. The van der Waals surface area contributed by atoms with Gasteiger partial charge in [-0.2, -0.15) is 0 Å². The molecule has 1 aliphatic heterocycles. The molecule has 0 fully saturated rings. The summed E-state index contributed by atoms with van der Waals surface area (Å²) < 4.78 is 16.3. The second-order valence-electron chi connectivity index (χ2n) is 8.37. The summed E-state index contributed by atoms with van der Waals surface area (Å²) >= 11 is 1.46. The zero-order valence-corrected chi connectivity index (χ0v) is 21.1. The fourth-order valence-corrected chi connectivity index (χ4v) is 5.86. The molecule has 4 rings (SSSR count). The Morgan fingerprint density at radius 1 is 1.09 bits per heavy atom. The largest absolute Gasteiger partial charge is 0.496 e. The van der Waals surface area contributed by atoms with Crippen molar-refractivity contribution in [1.82, 2.24) is 5.32 Å². The van der Waals surface area contributed by atoms with Gasteiger partial charge < -0.3 is 19.5 Å². The third kappa shape index (κ3) is 4.50. The highest BCUT2D eigenvalue weighted by Crippen LogP contribution is 2.50. The second kappa shape index (κ2) is 10.5. The molecule has 184 valence electrons. The molecule has 8 heteroatoms. The van der Waals surface area contributed by atoms with Crippen molar-refractivity contribution in [3.8, 4) is 5.75 Å². The van der Waals surface area contributed by atoms with Crippen molar-refractivity contribution in [2.45, 2.75) is 39.0 Å². The number of rotatable bonds is 7. The van der Waals surface area contributed by atoms with Crippen molar-refractivity contribution in [1.29, 1.82) is 0 Å². The van der Waals surface area contributed by atoms with Gasteiger partial charge in [0.25, 0.3) is 0 Å². The number of carbonyl (C=O) groups excluding carboxylic acids is 3. The molecule has 0 saturated heterocycles. The number of carbonyl (C=O) groups is 3. The molecule has 0 radical (unpaired) electrons. The highest BCUT2D eigenvalue weighted by atomic mass is 32.1. The number of dihydropyridines is 1. The Morgan fingerprint density at radius 3 is 2.49 bits per heavy atom. The van der Waals surface area contributed by atoms with Crippen LogP contribution in [0.15, 0.2) is 64.3 Å². The third-order valence-electron chi connectivity index (χ3n) is 6.42. The molecular formula is C27H29NO6S. The molecule has 1 N–H and O–H groups in total. The Labute approximate surface area is 208 Å². The van der Waals surface area contributed by atoms with Gasteiger partial charge in [-0.3, -0.25) is 9.59 Å². The average molecular weight is 496 g/mol. The summed E-state index contributed by atoms with van der Waals surface area (Å²) in [6.45, 7) is 5.66. The summed E-state index contributed by atoms with van der Waals surface area (Å²) in [6, 6.07) is 11.2. The molecular weight excluding hydrogens is 466 g/mol. The van der Waals surface area contributed by atoms with Gasteiger partial charge in [-0.05, 0) is 50.3 Å². The monoisotopic (exact) mass is 495 g/mol. The van der Waals surface area contributed by atoms with Crippen LogP contribution in [0.2, 0.25) is 0 Å². The van der Waals surface area contributed by atoms with Crippen LogP contribution in [0, 0.1) is 5.92 Å². The van der Waals surface area contributed by atoms with Gasteiger partial charge in [0, 0.05) is 27.8 Å². The van der Waals surface area contributed by atoms with E-state index in [9.17, 15) is 14.4 Å². The van der Waals surface area contributed by atoms with Crippen molar-refractivity contribution in [3.63, 3.8) is 0 Å². The van der Waals surface area contributed by atoms with Crippen LogP contribution in [0.4, 0.5) is 0 Å². The molecule has 0 spiro atoms. The van der Waals surface area contributed by atoms with Crippen molar-refractivity contribution >= 4 is 29.1 Å². The number of esters is 2. The van der Waals surface area contributed by atoms with Crippen molar-refractivity contribution in [3.05, 3.63) is 74.8 Å². The van der Waals surface area contributed by atoms with Crippen LogP contribution < -0.4 is 10.1 Å². The molecule has 1 aromatic heterocycles. The molecule has 1 aromatic carbocycles. The summed E-state index contributed by atoms with van der Waals surface area (Å²) in [5.41, 5.74) is 2.92.